The zero-order valence-electron chi connectivity index (χ0n) is 14.7. The van der Waals surface area contributed by atoms with Gasteiger partial charge in [0.2, 0.25) is 0 Å². The summed E-state index contributed by atoms with van der Waals surface area (Å²) >= 11 is 0. The van der Waals surface area contributed by atoms with E-state index in [4.69, 9.17) is 4.98 Å². The van der Waals surface area contributed by atoms with E-state index in [9.17, 15) is 4.79 Å². The highest BCUT2D eigenvalue weighted by molar-refractivity contribution is 5.83. The number of nitrogens with zero attached hydrogens (tertiary/aromatic N) is 3. The van der Waals surface area contributed by atoms with E-state index in [0.29, 0.717) is 11.4 Å². The Kier molecular flexibility index (Phi) is 3.40. The molecular formula is C22H16N4O. The zero-order chi connectivity index (χ0) is 18.4. The molecule has 0 aliphatic rings. The van der Waals surface area contributed by atoms with Gasteiger partial charge in [-0.05, 0) is 30.7 Å². The van der Waals surface area contributed by atoms with Crippen LogP contribution in [-0.4, -0.2) is 19.4 Å². The number of aromatic amines is 1. The van der Waals surface area contributed by atoms with Crippen molar-refractivity contribution in [1.82, 2.24) is 19.4 Å². The minimum atomic E-state index is -0.228. The zero-order valence-corrected chi connectivity index (χ0v) is 14.7. The first-order valence-corrected chi connectivity index (χ1v) is 8.74. The number of aryl methyl sites for hydroxylation is 1. The molecule has 0 fully saturated rings. The molecule has 0 saturated carbocycles. The SMILES string of the molecule is Cc1ccc2nc(-c3ccccc3)c(-c3nc4ccccc4[nH]c3=O)n2c1. The second kappa shape index (κ2) is 5.92. The van der Waals surface area contributed by atoms with Gasteiger partial charge in [0.25, 0.3) is 5.56 Å². The van der Waals surface area contributed by atoms with Crippen molar-refractivity contribution in [2.24, 2.45) is 0 Å². The monoisotopic (exact) mass is 352 g/mol. The van der Waals surface area contributed by atoms with E-state index >= 15 is 0 Å². The molecule has 0 saturated heterocycles. The largest absolute Gasteiger partial charge is 0.319 e. The molecular weight excluding hydrogens is 336 g/mol. The minimum absolute atomic E-state index is 0.228. The number of para-hydroxylation sites is 2. The quantitative estimate of drug-likeness (QED) is 0.517. The fourth-order valence-electron chi connectivity index (χ4n) is 3.36. The first kappa shape index (κ1) is 15.5. The van der Waals surface area contributed by atoms with Gasteiger partial charge in [-0.1, -0.05) is 48.5 Å². The van der Waals surface area contributed by atoms with Crippen molar-refractivity contribution >= 4 is 16.7 Å². The lowest BCUT2D eigenvalue weighted by atomic mass is 10.1. The van der Waals surface area contributed by atoms with Gasteiger partial charge in [-0.2, -0.15) is 0 Å². The van der Waals surface area contributed by atoms with Crippen molar-refractivity contribution in [3.8, 4) is 22.6 Å². The van der Waals surface area contributed by atoms with Crippen molar-refractivity contribution in [1.29, 1.82) is 0 Å². The second-order valence-electron chi connectivity index (χ2n) is 6.54. The van der Waals surface area contributed by atoms with Gasteiger partial charge >= 0.3 is 0 Å². The number of fused-ring (bicyclic) bond motifs is 2. The van der Waals surface area contributed by atoms with Crippen LogP contribution in [0.2, 0.25) is 0 Å². The summed E-state index contributed by atoms with van der Waals surface area (Å²) in [7, 11) is 0. The highest BCUT2D eigenvalue weighted by Gasteiger charge is 2.20. The number of aromatic nitrogens is 4. The Bertz CT molecular complexity index is 1350. The predicted octanol–water partition coefficient (Wildman–Crippen LogP) is 4.21. The van der Waals surface area contributed by atoms with Gasteiger partial charge in [0.15, 0.2) is 5.69 Å². The van der Waals surface area contributed by atoms with Gasteiger partial charge in [0, 0.05) is 11.8 Å². The lowest BCUT2D eigenvalue weighted by Gasteiger charge is -2.06. The summed E-state index contributed by atoms with van der Waals surface area (Å²) < 4.78 is 1.95. The van der Waals surface area contributed by atoms with Crippen molar-refractivity contribution in [3.63, 3.8) is 0 Å². The van der Waals surface area contributed by atoms with Gasteiger partial charge in [-0.3, -0.25) is 9.20 Å². The van der Waals surface area contributed by atoms with E-state index < -0.39 is 0 Å². The Morgan fingerprint density at radius 3 is 2.48 bits per heavy atom. The van der Waals surface area contributed by atoms with Crippen molar-refractivity contribution in [2.75, 3.05) is 0 Å². The third-order valence-corrected chi connectivity index (χ3v) is 4.64. The lowest BCUT2D eigenvalue weighted by Crippen LogP contribution is -2.13. The van der Waals surface area contributed by atoms with Gasteiger partial charge in [-0.25, -0.2) is 9.97 Å². The Morgan fingerprint density at radius 2 is 1.63 bits per heavy atom. The number of imidazole rings is 1. The van der Waals surface area contributed by atoms with Crippen LogP contribution in [0.15, 0.2) is 77.7 Å². The highest BCUT2D eigenvalue weighted by Crippen LogP contribution is 2.31. The van der Waals surface area contributed by atoms with E-state index in [0.717, 1.165) is 33.5 Å². The molecule has 130 valence electrons. The molecule has 0 atom stereocenters. The molecule has 0 unspecified atom stereocenters. The third-order valence-electron chi connectivity index (χ3n) is 4.64. The van der Waals surface area contributed by atoms with E-state index in [2.05, 4.69) is 9.97 Å². The molecule has 5 heteroatoms. The van der Waals surface area contributed by atoms with Crippen LogP contribution >= 0.6 is 0 Å². The number of nitrogens with one attached hydrogen (secondary N) is 1. The summed E-state index contributed by atoms with van der Waals surface area (Å²) in [6, 6.07) is 21.4. The van der Waals surface area contributed by atoms with Gasteiger partial charge < -0.3 is 4.98 Å². The topological polar surface area (TPSA) is 63.0 Å². The number of H-pyrrole nitrogens is 1. The average molecular weight is 352 g/mol. The number of hydrogen-bond acceptors (Lipinski definition) is 3. The van der Waals surface area contributed by atoms with Crippen LogP contribution in [0.1, 0.15) is 5.56 Å². The molecule has 3 heterocycles. The first-order chi connectivity index (χ1) is 13.2. The molecule has 0 bridgehead atoms. The van der Waals surface area contributed by atoms with Gasteiger partial charge in [0.05, 0.1) is 16.7 Å². The van der Waals surface area contributed by atoms with E-state index in [-0.39, 0.29) is 5.56 Å². The molecule has 0 radical (unpaired) electrons. The predicted molar refractivity (Wildman–Crippen MR) is 107 cm³/mol. The molecule has 3 aromatic heterocycles. The van der Waals surface area contributed by atoms with Gasteiger partial charge in [-0.15, -0.1) is 0 Å². The third kappa shape index (κ3) is 2.52. The summed E-state index contributed by atoms with van der Waals surface area (Å²) in [5, 5.41) is 0. The van der Waals surface area contributed by atoms with Crippen LogP contribution in [-0.2, 0) is 0 Å². The Balaban J connectivity index is 1.91. The molecule has 27 heavy (non-hydrogen) atoms. The second-order valence-corrected chi connectivity index (χ2v) is 6.54. The number of hydrogen-bond donors (Lipinski definition) is 1. The maximum atomic E-state index is 12.9. The lowest BCUT2D eigenvalue weighted by molar-refractivity contribution is 1.12. The number of benzene rings is 2. The molecule has 0 amide bonds. The summed E-state index contributed by atoms with van der Waals surface area (Å²) in [6.07, 6.45) is 1.99. The molecule has 2 aromatic carbocycles. The van der Waals surface area contributed by atoms with Crippen LogP contribution in [0.3, 0.4) is 0 Å². The molecule has 5 nitrogen and oxygen atoms in total. The maximum Gasteiger partial charge on any atom is 0.276 e. The van der Waals surface area contributed by atoms with Crippen molar-refractivity contribution in [2.45, 2.75) is 6.92 Å². The molecule has 5 aromatic rings. The Morgan fingerprint density at radius 1 is 0.852 bits per heavy atom. The van der Waals surface area contributed by atoms with Crippen LogP contribution in [0.4, 0.5) is 0 Å². The Hall–Kier alpha value is -3.73. The van der Waals surface area contributed by atoms with Crippen LogP contribution in [0.5, 0.6) is 0 Å². The summed E-state index contributed by atoms with van der Waals surface area (Å²) in [4.78, 5) is 25.3. The highest BCUT2D eigenvalue weighted by atomic mass is 16.1. The smallest absolute Gasteiger partial charge is 0.276 e. The standard InChI is InChI=1S/C22H16N4O/c1-14-11-12-18-25-19(15-7-3-2-4-8-15)21(26(18)13-14)20-22(27)24-17-10-6-5-9-16(17)23-20/h2-13H,1H3,(H,24,27). The summed E-state index contributed by atoms with van der Waals surface area (Å²) in [5.74, 6) is 0. The fourth-order valence-corrected chi connectivity index (χ4v) is 3.36. The fraction of sp³-hybridized carbons (Fsp3) is 0.0455. The summed E-state index contributed by atoms with van der Waals surface area (Å²) in [6.45, 7) is 2.02. The van der Waals surface area contributed by atoms with E-state index in [1.54, 1.807) is 0 Å². The van der Waals surface area contributed by atoms with E-state index in [1.807, 2.05) is 84.3 Å². The number of rotatable bonds is 2. The van der Waals surface area contributed by atoms with E-state index in [1.165, 1.54) is 0 Å². The molecule has 0 aliphatic heterocycles. The minimum Gasteiger partial charge on any atom is -0.319 e. The summed E-state index contributed by atoms with van der Waals surface area (Å²) in [5.41, 5.74) is 5.86. The van der Waals surface area contributed by atoms with Crippen molar-refractivity contribution < 1.29 is 0 Å². The van der Waals surface area contributed by atoms with Crippen LogP contribution in [0.25, 0.3) is 39.3 Å². The average Bonchev–Trinajstić information content (AvgIpc) is 3.06. The molecule has 0 aliphatic carbocycles. The van der Waals surface area contributed by atoms with Crippen LogP contribution < -0.4 is 5.56 Å². The normalized spacial score (nSPS) is 11.3. The number of pyridine rings is 1. The molecule has 0 spiro atoms. The van der Waals surface area contributed by atoms with Crippen molar-refractivity contribution in [3.05, 3.63) is 88.8 Å². The molecule has 1 N–H and O–H groups in total. The maximum absolute atomic E-state index is 12.9. The first-order valence-electron chi connectivity index (χ1n) is 8.74. The Labute approximate surface area is 155 Å². The van der Waals surface area contributed by atoms with Crippen LogP contribution in [0, 0.1) is 6.92 Å². The van der Waals surface area contributed by atoms with Gasteiger partial charge in [0.1, 0.15) is 11.3 Å². The molecule has 5 rings (SSSR count).